The van der Waals surface area contributed by atoms with E-state index in [0.29, 0.717) is 18.8 Å². The Morgan fingerprint density at radius 2 is 1.88 bits per heavy atom. The van der Waals surface area contributed by atoms with Crippen molar-refractivity contribution in [1.29, 1.82) is 0 Å². The highest BCUT2D eigenvalue weighted by Gasteiger charge is 2.55. The minimum Gasteiger partial charge on any atom is -0.488 e. The van der Waals surface area contributed by atoms with Crippen molar-refractivity contribution < 1.29 is 48.7 Å². The normalized spacial score (nSPS) is 19.6. The molecule has 218 valence electrons. The molecule has 0 aliphatic carbocycles. The minimum atomic E-state index is -2.38. The van der Waals surface area contributed by atoms with Crippen LogP contribution in [-0.2, 0) is 33.4 Å². The maximum atomic E-state index is 15.0. The summed E-state index contributed by atoms with van der Waals surface area (Å²) in [5.74, 6) is -4.34. The number of amides is 2. The highest BCUT2D eigenvalue weighted by molar-refractivity contribution is 6.33. The van der Waals surface area contributed by atoms with E-state index in [1.807, 2.05) is 0 Å². The van der Waals surface area contributed by atoms with Gasteiger partial charge in [-0.25, -0.2) is 9.29 Å². The SMILES string of the molecule is BC(O)(C=O)C(B)(O)C(C(=O)NC)N1Cc2c(OCc3ccc(C(O)(O)N4CCOCC4)cc3F)cccc2C1=O. The maximum absolute atomic E-state index is 15.0. The molecule has 3 unspecified atom stereocenters. The number of ether oxygens (including phenoxy) is 2. The van der Waals surface area contributed by atoms with E-state index in [0.717, 1.165) is 26.7 Å². The number of carbonyl (C=O) groups excluding carboxylic acids is 3. The fourth-order valence-electron chi connectivity index (χ4n) is 4.99. The molecule has 2 aliphatic heterocycles. The van der Waals surface area contributed by atoms with Gasteiger partial charge in [0.25, 0.3) is 11.8 Å². The number of halogens is 1. The number of hydrogen-bond acceptors (Lipinski definition) is 10. The summed E-state index contributed by atoms with van der Waals surface area (Å²) >= 11 is 0. The molecule has 12 nitrogen and oxygen atoms in total. The van der Waals surface area contributed by atoms with Gasteiger partial charge in [-0.1, -0.05) is 18.2 Å². The van der Waals surface area contributed by atoms with Gasteiger partial charge < -0.3 is 44.9 Å². The van der Waals surface area contributed by atoms with Crippen molar-refractivity contribution in [3.63, 3.8) is 0 Å². The summed E-state index contributed by atoms with van der Waals surface area (Å²) in [6.45, 7) is 0.682. The molecule has 5 N–H and O–H groups in total. The molecule has 2 aromatic rings. The number of morpholine rings is 1. The summed E-state index contributed by atoms with van der Waals surface area (Å²) in [6.07, 6.45) is 0.101. The predicted molar refractivity (Wildman–Crippen MR) is 146 cm³/mol. The average molecular weight is 571 g/mol. The van der Waals surface area contributed by atoms with Crippen LogP contribution in [0.25, 0.3) is 0 Å². The van der Waals surface area contributed by atoms with E-state index in [-0.39, 0.29) is 55.0 Å². The van der Waals surface area contributed by atoms with Gasteiger partial charge in [0.2, 0.25) is 5.91 Å². The molecular weight excluding hydrogens is 539 g/mol. The number of carbonyl (C=O) groups is 3. The first kappa shape index (κ1) is 30.6. The van der Waals surface area contributed by atoms with Gasteiger partial charge in [0.1, 0.15) is 43.8 Å². The van der Waals surface area contributed by atoms with Crippen LogP contribution in [0, 0.1) is 5.82 Å². The standard InChI is InChI=1S/C26H32B2FN3O9/c1-30-22(34)21(25(28,37)24(27,36)14-33)32-12-18-17(23(32)35)3-2-4-20(18)41-13-15-5-6-16(11-19(15)29)26(38,39)31-7-9-40-10-8-31/h2-6,11,14,21,36-39H,7-10,12-13,27-28H2,1H3,(H,30,34). The Labute approximate surface area is 237 Å². The Morgan fingerprint density at radius 1 is 1.20 bits per heavy atom. The lowest BCUT2D eigenvalue weighted by atomic mass is 9.55. The van der Waals surface area contributed by atoms with E-state index in [1.165, 1.54) is 36.2 Å². The molecule has 0 saturated carbocycles. The van der Waals surface area contributed by atoms with Crippen molar-refractivity contribution in [2.45, 2.75) is 36.1 Å². The number of aliphatic hydroxyl groups is 4. The number of hydrogen-bond donors (Lipinski definition) is 5. The van der Waals surface area contributed by atoms with E-state index in [9.17, 15) is 34.8 Å². The number of benzene rings is 2. The largest absolute Gasteiger partial charge is 0.488 e. The van der Waals surface area contributed by atoms with Crippen molar-refractivity contribution in [1.82, 2.24) is 15.1 Å². The lowest BCUT2D eigenvalue weighted by Gasteiger charge is -2.44. The number of aldehydes is 1. The molecule has 3 atom stereocenters. The van der Waals surface area contributed by atoms with Crippen LogP contribution in [-0.4, -0.2) is 114 Å². The fourth-order valence-corrected chi connectivity index (χ4v) is 4.99. The van der Waals surface area contributed by atoms with Crippen LogP contribution in [0.5, 0.6) is 5.75 Å². The number of rotatable bonds is 10. The first-order valence-corrected chi connectivity index (χ1v) is 13.0. The quantitative estimate of drug-likeness (QED) is 0.111. The number of likely N-dealkylation sites (N-methyl/N-ethyl adjacent to an activating group) is 1. The van der Waals surface area contributed by atoms with E-state index in [1.54, 1.807) is 6.07 Å². The summed E-state index contributed by atoms with van der Waals surface area (Å²) in [4.78, 5) is 40.1. The third-order valence-corrected chi connectivity index (χ3v) is 7.82. The van der Waals surface area contributed by atoms with E-state index in [2.05, 4.69) is 5.32 Å². The van der Waals surface area contributed by atoms with Gasteiger partial charge in [-0.15, -0.1) is 0 Å². The zero-order valence-electron chi connectivity index (χ0n) is 23.0. The second kappa shape index (κ2) is 11.5. The van der Waals surface area contributed by atoms with Gasteiger partial charge >= 0.3 is 0 Å². The molecule has 0 spiro atoms. The Kier molecular flexibility index (Phi) is 8.60. The topological polar surface area (TPSA) is 169 Å². The second-order valence-corrected chi connectivity index (χ2v) is 10.5. The molecule has 2 amide bonds. The lowest BCUT2D eigenvalue weighted by Crippen LogP contribution is -2.71. The summed E-state index contributed by atoms with van der Waals surface area (Å²) in [6, 6.07) is 6.72. The van der Waals surface area contributed by atoms with Crippen LogP contribution >= 0.6 is 0 Å². The van der Waals surface area contributed by atoms with Gasteiger partial charge in [-0.3, -0.25) is 9.59 Å². The molecule has 2 aliphatic rings. The number of nitrogens with zero attached hydrogens (tertiary/aromatic N) is 2. The highest BCUT2D eigenvalue weighted by atomic mass is 19.1. The molecular formula is C26H32B2FN3O9. The Bertz CT molecular complexity index is 1340. The zero-order valence-corrected chi connectivity index (χ0v) is 23.0. The van der Waals surface area contributed by atoms with Crippen LogP contribution in [0.1, 0.15) is 27.0 Å². The van der Waals surface area contributed by atoms with Crippen molar-refractivity contribution in [2.24, 2.45) is 0 Å². The molecule has 2 aromatic carbocycles. The third-order valence-electron chi connectivity index (χ3n) is 7.82. The Morgan fingerprint density at radius 3 is 2.49 bits per heavy atom. The molecule has 1 saturated heterocycles. The van der Waals surface area contributed by atoms with E-state index >= 15 is 4.39 Å². The second-order valence-electron chi connectivity index (χ2n) is 10.5. The predicted octanol–water partition coefficient (Wildman–Crippen LogP) is -3.26. The molecule has 1 fully saturated rings. The summed E-state index contributed by atoms with van der Waals surface area (Å²) in [7, 11) is 3.42. The number of nitrogens with one attached hydrogen (secondary N) is 1. The zero-order chi connectivity index (χ0) is 30.2. The van der Waals surface area contributed by atoms with Crippen LogP contribution in [0.15, 0.2) is 36.4 Å². The monoisotopic (exact) mass is 571 g/mol. The summed E-state index contributed by atoms with van der Waals surface area (Å²) in [5, 5.41) is 45.3. The molecule has 41 heavy (non-hydrogen) atoms. The molecule has 4 rings (SSSR count). The first-order chi connectivity index (χ1) is 19.3. The van der Waals surface area contributed by atoms with Gasteiger partial charge in [-0.05, 0) is 18.2 Å². The van der Waals surface area contributed by atoms with Gasteiger partial charge in [0, 0.05) is 42.4 Å². The van der Waals surface area contributed by atoms with Crippen LogP contribution in [0.2, 0.25) is 0 Å². The first-order valence-electron chi connectivity index (χ1n) is 13.0. The summed E-state index contributed by atoms with van der Waals surface area (Å²) in [5.41, 5.74) is -4.15. The van der Waals surface area contributed by atoms with Crippen molar-refractivity contribution in [2.75, 3.05) is 33.4 Å². The van der Waals surface area contributed by atoms with Crippen LogP contribution < -0.4 is 10.1 Å². The molecule has 2 heterocycles. The average Bonchev–Trinajstić information content (AvgIpc) is 3.28. The van der Waals surface area contributed by atoms with Gasteiger partial charge in [0.15, 0.2) is 7.85 Å². The van der Waals surface area contributed by atoms with Crippen molar-refractivity contribution in [3.05, 3.63) is 64.5 Å². The van der Waals surface area contributed by atoms with Crippen LogP contribution in [0.4, 0.5) is 4.39 Å². The molecule has 0 aromatic heterocycles. The number of fused-ring (bicyclic) bond motifs is 1. The maximum Gasteiger partial charge on any atom is 0.255 e. The van der Waals surface area contributed by atoms with E-state index in [4.69, 9.17) is 9.47 Å². The van der Waals surface area contributed by atoms with Crippen molar-refractivity contribution >= 4 is 33.8 Å². The minimum absolute atomic E-state index is 0.0546. The van der Waals surface area contributed by atoms with Gasteiger partial charge in [0.05, 0.1) is 25.3 Å². The smallest absolute Gasteiger partial charge is 0.255 e. The summed E-state index contributed by atoms with van der Waals surface area (Å²) < 4.78 is 26.1. The Balaban J connectivity index is 1.56. The molecule has 15 heteroatoms. The van der Waals surface area contributed by atoms with Gasteiger partial charge in [-0.2, -0.15) is 0 Å². The molecule has 0 bridgehead atoms. The Hall–Kier alpha value is -3.33. The molecule has 0 radical (unpaired) electrons. The van der Waals surface area contributed by atoms with Crippen molar-refractivity contribution in [3.8, 4) is 5.75 Å². The van der Waals surface area contributed by atoms with E-state index < -0.39 is 40.6 Å². The third kappa shape index (κ3) is 5.61. The lowest BCUT2D eigenvalue weighted by molar-refractivity contribution is -0.287. The fraction of sp³-hybridized carbons (Fsp3) is 0.423. The van der Waals surface area contributed by atoms with Crippen LogP contribution in [0.3, 0.4) is 0 Å². The highest BCUT2D eigenvalue weighted by Crippen LogP contribution is 2.36.